The summed E-state index contributed by atoms with van der Waals surface area (Å²) >= 11 is 5.79. The molecule has 4 amide bonds. The minimum Gasteiger partial charge on any atom is -0.362 e. The van der Waals surface area contributed by atoms with Crippen molar-refractivity contribution in [3.63, 3.8) is 0 Å². The maximum atomic E-state index is 12.3. The maximum absolute atomic E-state index is 12.3. The number of fused-ring (bicyclic) bond motifs is 1. The van der Waals surface area contributed by atoms with Crippen LogP contribution in [0, 0.1) is 0 Å². The van der Waals surface area contributed by atoms with Gasteiger partial charge in [0, 0.05) is 33.7 Å². The molecule has 4 rings (SSSR count). The minimum atomic E-state index is -0.684. The number of nitrogens with one attached hydrogen (secondary N) is 4. The summed E-state index contributed by atoms with van der Waals surface area (Å²) in [4.78, 5) is 39.5. The van der Waals surface area contributed by atoms with E-state index in [0.717, 1.165) is 11.3 Å². The van der Waals surface area contributed by atoms with Gasteiger partial charge in [-0.2, -0.15) is 0 Å². The molecule has 0 radical (unpaired) electrons. The highest BCUT2D eigenvalue weighted by atomic mass is 35.5. The second-order valence-corrected chi connectivity index (χ2v) is 6.75. The van der Waals surface area contributed by atoms with Crippen LogP contribution >= 0.6 is 11.6 Å². The largest absolute Gasteiger partial charge is 0.362 e. The Bertz CT molecular complexity index is 1140. The number of hydrogen-bond donors (Lipinski definition) is 4. The van der Waals surface area contributed by atoms with Gasteiger partial charge in [-0.1, -0.05) is 17.7 Å². The van der Waals surface area contributed by atoms with Crippen molar-refractivity contribution in [3.05, 3.63) is 82.6 Å². The van der Waals surface area contributed by atoms with Crippen molar-refractivity contribution in [2.75, 3.05) is 10.6 Å². The summed E-state index contributed by atoms with van der Waals surface area (Å²) in [6.07, 6.45) is 3.53. The summed E-state index contributed by atoms with van der Waals surface area (Å²) in [5, 5.41) is 8.10. The van der Waals surface area contributed by atoms with E-state index in [-0.39, 0.29) is 5.91 Å². The molecule has 29 heavy (non-hydrogen) atoms. The van der Waals surface area contributed by atoms with Crippen LogP contribution in [0.25, 0.3) is 11.6 Å². The van der Waals surface area contributed by atoms with E-state index in [1.165, 1.54) is 12.1 Å². The molecule has 0 saturated heterocycles. The predicted octanol–water partition coefficient (Wildman–Crippen LogP) is 4.12. The van der Waals surface area contributed by atoms with Gasteiger partial charge in [0.05, 0.1) is 11.3 Å². The van der Waals surface area contributed by atoms with E-state index in [4.69, 9.17) is 11.6 Å². The number of hydrogen-bond acceptors (Lipinski definition) is 3. The monoisotopic (exact) mass is 406 g/mol. The van der Waals surface area contributed by atoms with Crippen LogP contribution in [-0.2, 0) is 4.79 Å². The second kappa shape index (κ2) is 7.65. The Hall–Kier alpha value is -3.84. The van der Waals surface area contributed by atoms with Crippen LogP contribution in [0.5, 0.6) is 0 Å². The van der Waals surface area contributed by atoms with Gasteiger partial charge in [0.2, 0.25) is 0 Å². The molecule has 0 aliphatic carbocycles. The standard InChI is InChI=1S/C21H15ClN4O3/c22-13-5-3-12(4-6-13)19(27)26-21(29)24-15-7-8-16-17(10-14-2-1-9-23-14)20(28)25-18(16)11-15/h1-11,23H,(H,25,28)(H2,24,26,27,29). The fraction of sp³-hybridized carbons (Fsp3) is 0. The molecule has 0 unspecified atom stereocenters. The first kappa shape index (κ1) is 18.5. The number of aromatic amines is 1. The van der Waals surface area contributed by atoms with Gasteiger partial charge in [0.25, 0.3) is 11.8 Å². The van der Waals surface area contributed by atoms with Crippen LogP contribution in [0.1, 0.15) is 21.6 Å². The Morgan fingerprint density at radius 2 is 1.83 bits per heavy atom. The molecule has 4 N–H and O–H groups in total. The van der Waals surface area contributed by atoms with Crippen molar-refractivity contribution < 1.29 is 14.4 Å². The highest BCUT2D eigenvalue weighted by Gasteiger charge is 2.24. The molecular weight excluding hydrogens is 392 g/mol. The molecule has 3 aromatic rings. The molecule has 0 fully saturated rings. The molecule has 1 aliphatic heterocycles. The van der Waals surface area contributed by atoms with E-state index in [2.05, 4.69) is 20.9 Å². The molecular formula is C21H15ClN4O3. The number of amides is 4. The highest BCUT2D eigenvalue weighted by Crippen LogP contribution is 2.34. The number of imide groups is 1. The van der Waals surface area contributed by atoms with Crippen LogP contribution in [0.3, 0.4) is 0 Å². The summed E-state index contributed by atoms with van der Waals surface area (Å²) in [5.41, 5.74) is 3.39. The maximum Gasteiger partial charge on any atom is 0.326 e. The predicted molar refractivity (Wildman–Crippen MR) is 112 cm³/mol. The molecule has 7 nitrogen and oxygen atoms in total. The number of benzene rings is 2. The van der Waals surface area contributed by atoms with Gasteiger partial charge in [-0.25, -0.2) is 4.79 Å². The molecule has 8 heteroatoms. The van der Waals surface area contributed by atoms with Gasteiger partial charge >= 0.3 is 6.03 Å². The van der Waals surface area contributed by atoms with Gasteiger partial charge in [0.15, 0.2) is 0 Å². The van der Waals surface area contributed by atoms with E-state index in [9.17, 15) is 14.4 Å². The Labute approximate surface area is 170 Å². The third-order valence-electron chi connectivity index (χ3n) is 4.32. The van der Waals surface area contributed by atoms with Crippen LogP contribution in [0.2, 0.25) is 5.02 Å². The Balaban J connectivity index is 1.46. The first-order valence-corrected chi connectivity index (χ1v) is 9.06. The first-order chi connectivity index (χ1) is 14.0. The Kier molecular flexibility index (Phi) is 4.88. The quantitative estimate of drug-likeness (QED) is 0.492. The van der Waals surface area contributed by atoms with Crippen LogP contribution < -0.4 is 16.0 Å². The molecule has 0 saturated carbocycles. The smallest absolute Gasteiger partial charge is 0.326 e. The number of urea groups is 1. The van der Waals surface area contributed by atoms with E-state index in [1.54, 1.807) is 42.6 Å². The summed E-state index contributed by atoms with van der Waals surface area (Å²) in [5.74, 6) is -0.779. The van der Waals surface area contributed by atoms with Crippen molar-refractivity contribution in [2.24, 2.45) is 0 Å². The molecule has 0 bridgehead atoms. The van der Waals surface area contributed by atoms with Gasteiger partial charge in [-0.15, -0.1) is 0 Å². The zero-order valence-electron chi connectivity index (χ0n) is 15.0. The number of H-pyrrole nitrogens is 1. The topological polar surface area (TPSA) is 103 Å². The molecule has 0 atom stereocenters. The summed E-state index contributed by atoms with van der Waals surface area (Å²) in [6.45, 7) is 0. The molecule has 144 valence electrons. The lowest BCUT2D eigenvalue weighted by Gasteiger charge is -2.08. The Morgan fingerprint density at radius 3 is 2.55 bits per heavy atom. The molecule has 2 heterocycles. The average Bonchev–Trinajstić information content (AvgIpc) is 3.30. The number of halogens is 1. The minimum absolute atomic E-state index is 0.228. The van der Waals surface area contributed by atoms with Gasteiger partial charge < -0.3 is 15.6 Å². The second-order valence-electron chi connectivity index (χ2n) is 6.31. The Morgan fingerprint density at radius 1 is 1.03 bits per heavy atom. The summed E-state index contributed by atoms with van der Waals surface area (Å²) in [6, 6.07) is 14.2. The third-order valence-corrected chi connectivity index (χ3v) is 4.57. The normalized spacial score (nSPS) is 13.7. The molecule has 0 spiro atoms. The zero-order chi connectivity index (χ0) is 20.4. The lowest BCUT2D eigenvalue weighted by Crippen LogP contribution is -2.34. The van der Waals surface area contributed by atoms with Crippen LogP contribution in [-0.4, -0.2) is 22.8 Å². The highest BCUT2D eigenvalue weighted by molar-refractivity contribution is 6.35. The van der Waals surface area contributed by atoms with E-state index >= 15 is 0 Å². The molecule has 1 aromatic heterocycles. The molecule has 1 aliphatic rings. The van der Waals surface area contributed by atoms with E-state index in [1.807, 2.05) is 12.1 Å². The van der Waals surface area contributed by atoms with Crippen LogP contribution in [0.15, 0.2) is 60.8 Å². The van der Waals surface area contributed by atoms with Crippen molar-refractivity contribution in [1.82, 2.24) is 10.3 Å². The lowest BCUT2D eigenvalue weighted by molar-refractivity contribution is -0.110. The fourth-order valence-corrected chi connectivity index (χ4v) is 3.07. The number of aromatic nitrogens is 1. The van der Waals surface area contributed by atoms with Gasteiger partial charge in [-0.05, 0) is 54.6 Å². The third kappa shape index (κ3) is 4.04. The zero-order valence-corrected chi connectivity index (χ0v) is 15.7. The number of carbonyl (C=O) groups is 3. The lowest BCUT2D eigenvalue weighted by atomic mass is 10.1. The van der Waals surface area contributed by atoms with Crippen molar-refractivity contribution >= 4 is 52.5 Å². The van der Waals surface area contributed by atoms with Crippen molar-refractivity contribution in [1.29, 1.82) is 0 Å². The SMILES string of the molecule is O=C(NC(=O)c1ccc(Cl)cc1)Nc1ccc2c(c1)NC(=O)C2=Cc1ccc[nH]1. The number of rotatable bonds is 3. The number of carbonyl (C=O) groups excluding carboxylic acids is 3. The summed E-state index contributed by atoms with van der Waals surface area (Å²) < 4.78 is 0. The van der Waals surface area contributed by atoms with Crippen molar-refractivity contribution in [2.45, 2.75) is 0 Å². The van der Waals surface area contributed by atoms with Crippen molar-refractivity contribution in [3.8, 4) is 0 Å². The first-order valence-electron chi connectivity index (χ1n) is 8.68. The fourth-order valence-electron chi connectivity index (χ4n) is 2.94. The van der Waals surface area contributed by atoms with Gasteiger partial charge in [0.1, 0.15) is 0 Å². The summed E-state index contributed by atoms with van der Waals surface area (Å²) in [7, 11) is 0. The van der Waals surface area contributed by atoms with E-state index < -0.39 is 11.9 Å². The van der Waals surface area contributed by atoms with E-state index in [0.29, 0.717) is 27.5 Å². The van der Waals surface area contributed by atoms with Gasteiger partial charge in [-0.3, -0.25) is 14.9 Å². The molecule has 2 aromatic carbocycles. The average molecular weight is 407 g/mol. The van der Waals surface area contributed by atoms with Crippen LogP contribution in [0.4, 0.5) is 16.2 Å². The number of anilines is 2.